The highest BCUT2D eigenvalue weighted by Gasteiger charge is 2.44. The zero-order chi connectivity index (χ0) is 32.3. The molecule has 9 rings (SSSR count). The van der Waals surface area contributed by atoms with Gasteiger partial charge in [0.1, 0.15) is 0 Å². The molecule has 0 atom stereocenters. The maximum atomic E-state index is 11.3. The zero-order valence-corrected chi connectivity index (χ0v) is 27.9. The summed E-state index contributed by atoms with van der Waals surface area (Å²) in [5.41, 5.74) is 6.27. The van der Waals surface area contributed by atoms with Crippen molar-refractivity contribution in [3.05, 3.63) is 89.8 Å². The summed E-state index contributed by atoms with van der Waals surface area (Å²) >= 11 is 1.51. The molecule has 2 aliphatic carbocycles. The number of ether oxygens (including phenoxy) is 4. The van der Waals surface area contributed by atoms with Crippen LogP contribution in [0.2, 0.25) is 0 Å². The molecule has 3 aromatic carbocycles. The topological polar surface area (TPSA) is 62.2 Å². The Morgan fingerprint density at radius 3 is 1.67 bits per heavy atom. The number of carbonyl (C=O) groups is 1. The van der Waals surface area contributed by atoms with Gasteiger partial charge in [0.25, 0.3) is 11.6 Å². The third kappa shape index (κ3) is 5.05. The number of benzene rings is 3. The van der Waals surface area contributed by atoms with Gasteiger partial charge >= 0.3 is 0 Å². The van der Waals surface area contributed by atoms with E-state index in [0.717, 1.165) is 124 Å². The Kier molecular flexibility index (Phi) is 7.04. The van der Waals surface area contributed by atoms with Gasteiger partial charge in [-0.15, -0.1) is 11.3 Å². The summed E-state index contributed by atoms with van der Waals surface area (Å²) in [5.74, 6) is 2.13. The van der Waals surface area contributed by atoms with Crippen LogP contribution in [0.3, 0.4) is 0 Å². The van der Waals surface area contributed by atoms with E-state index >= 15 is 0 Å². The van der Waals surface area contributed by atoms with E-state index in [1.54, 1.807) is 0 Å². The third-order valence-electron chi connectivity index (χ3n) is 10.3. The molecule has 7 nitrogen and oxygen atoms in total. The van der Waals surface area contributed by atoms with Crippen LogP contribution >= 0.6 is 11.3 Å². The molecule has 0 amide bonds. The van der Waals surface area contributed by atoms with E-state index < -0.39 is 11.6 Å². The van der Waals surface area contributed by atoms with Crippen LogP contribution in [-0.2, 0) is 7.05 Å². The van der Waals surface area contributed by atoms with Gasteiger partial charge in [0, 0.05) is 56.2 Å². The van der Waals surface area contributed by atoms with Crippen LogP contribution in [0.25, 0.3) is 21.8 Å². The van der Waals surface area contributed by atoms with E-state index in [-0.39, 0.29) is 0 Å². The third-order valence-corrected chi connectivity index (χ3v) is 11.4. The van der Waals surface area contributed by atoms with Gasteiger partial charge in [-0.1, -0.05) is 25.0 Å². The van der Waals surface area contributed by atoms with Crippen LogP contribution in [0.5, 0.6) is 23.0 Å². The van der Waals surface area contributed by atoms with Crippen molar-refractivity contribution < 1.29 is 23.7 Å². The Labute approximate surface area is 284 Å². The van der Waals surface area contributed by atoms with Crippen molar-refractivity contribution in [3.63, 3.8) is 0 Å². The minimum atomic E-state index is -0.537. The first-order chi connectivity index (χ1) is 23.5. The summed E-state index contributed by atoms with van der Waals surface area (Å²) in [6.07, 6.45) is 11.5. The second kappa shape index (κ2) is 11.5. The lowest BCUT2D eigenvalue weighted by Crippen LogP contribution is -2.40. The van der Waals surface area contributed by atoms with Crippen molar-refractivity contribution in [3.8, 4) is 44.8 Å². The van der Waals surface area contributed by atoms with Gasteiger partial charge in [0.05, 0.1) is 26.8 Å². The summed E-state index contributed by atoms with van der Waals surface area (Å²) in [6, 6.07) is 29.3. The van der Waals surface area contributed by atoms with Crippen LogP contribution < -0.4 is 23.8 Å². The zero-order valence-electron chi connectivity index (χ0n) is 27.1. The van der Waals surface area contributed by atoms with Crippen molar-refractivity contribution in [2.75, 3.05) is 4.90 Å². The molecule has 5 aromatic rings. The normalized spacial score (nSPS) is 18.4. The number of nitrogens with zero attached hydrogens (tertiary/aromatic N) is 2. The minimum Gasteiger partial charge on any atom is -0.448 e. The lowest BCUT2D eigenvalue weighted by atomic mass is 9.94. The number of anilines is 3. The smallest absolute Gasteiger partial charge is 0.251 e. The number of aromatic nitrogens is 1. The standard InChI is InChI=1S/C40H38N2O5S/c1-41-32(15-16-33(41)38-19-14-31(26-43)48-38)27-8-10-28(11-9-27)42(29-12-17-34-36(24-29)46-39(44-34)20-4-2-5-21-39)30-13-18-35-37(25-30)47-40(45-35)22-6-3-7-23-40/h8-19,24-26H,2-7,20-23H2,1H3. The highest BCUT2D eigenvalue weighted by molar-refractivity contribution is 7.17. The van der Waals surface area contributed by atoms with E-state index in [1.807, 2.05) is 24.3 Å². The molecule has 2 fully saturated rings. The van der Waals surface area contributed by atoms with E-state index in [9.17, 15) is 4.79 Å². The quantitative estimate of drug-likeness (QED) is 0.169. The van der Waals surface area contributed by atoms with Gasteiger partial charge in [-0.05, 0) is 91.9 Å². The van der Waals surface area contributed by atoms with Gasteiger partial charge in [-0.2, -0.15) is 0 Å². The van der Waals surface area contributed by atoms with Gasteiger partial charge in [-0.25, -0.2) is 0 Å². The van der Waals surface area contributed by atoms with Crippen LogP contribution in [0.15, 0.2) is 84.9 Å². The summed E-state index contributed by atoms with van der Waals surface area (Å²) in [7, 11) is 2.07. The lowest BCUT2D eigenvalue weighted by molar-refractivity contribution is -0.105. The number of fused-ring (bicyclic) bond motifs is 2. The molecule has 8 heteroatoms. The van der Waals surface area contributed by atoms with E-state index in [0.29, 0.717) is 0 Å². The first-order valence-corrected chi connectivity index (χ1v) is 18.0. The lowest BCUT2D eigenvalue weighted by Gasteiger charge is -2.31. The minimum absolute atomic E-state index is 0.537. The molecule has 4 aliphatic rings. The maximum absolute atomic E-state index is 11.3. The van der Waals surface area contributed by atoms with Crippen LogP contribution in [0, 0.1) is 0 Å². The average Bonchev–Trinajstić information content (AvgIpc) is 3.89. The Morgan fingerprint density at radius 1 is 0.604 bits per heavy atom. The summed E-state index contributed by atoms with van der Waals surface area (Å²) in [4.78, 5) is 15.3. The Hall–Kier alpha value is -4.69. The van der Waals surface area contributed by atoms with Crippen molar-refractivity contribution in [2.45, 2.75) is 75.8 Å². The Bertz CT molecular complexity index is 1920. The van der Waals surface area contributed by atoms with Gasteiger partial charge in [0.2, 0.25) is 0 Å². The van der Waals surface area contributed by atoms with Gasteiger partial charge in [0.15, 0.2) is 29.3 Å². The van der Waals surface area contributed by atoms with Crippen molar-refractivity contribution >= 4 is 34.7 Å². The predicted octanol–water partition coefficient (Wildman–Crippen LogP) is 10.6. The fraction of sp³-hybridized carbons (Fsp3) is 0.325. The number of aldehydes is 1. The Balaban J connectivity index is 1.07. The van der Waals surface area contributed by atoms with Crippen molar-refractivity contribution in [2.24, 2.45) is 7.05 Å². The largest absolute Gasteiger partial charge is 0.448 e. The molecule has 0 radical (unpaired) electrons. The first-order valence-electron chi connectivity index (χ1n) is 17.2. The molecule has 48 heavy (non-hydrogen) atoms. The van der Waals surface area contributed by atoms with Crippen LogP contribution in [-0.4, -0.2) is 22.4 Å². The fourth-order valence-corrected chi connectivity index (χ4v) is 8.75. The van der Waals surface area contributed by atoms with Gasteiger partial charge in [-0.3, -0.25) is 4.79 Å². The van der Waals surface area contributed by atoms with E-state index in [4.69, 9.17) is 18.9 Å². The van der Waals surface area contributed by atoms with E-state index in [2.05, 4.69) is 77.2 Å². The molecule has 2 aliphatic heterocycles. The highest BCUT2D eigenvalue weighted by atomic mass is 32.1. The average molecular weight is 659 g/mol. The first kappa shape index (κ1) is 29.4. The molecule has 0 saturated heterocycles. The fourth-order valence-electron chi connectivity index (χ4n) is 7.86. The second-order valence-corrected chi connectivity index (χ2v) is 14.6. The van der Waals surface area contributed by atoms with Crippen molar-refractivity contribution in [1.29, 1.82) is 0 Å². The molecule has 2 aromatic heterocycles. The van der Waals surface area contributed by atoms with Crippen molar-refractivity contribution in [1.82, 2.24) is 4.57 Å². The van der Waals surface area contributed by atoms with Gasteiger partial charge < -0.3 is 28.4 Å². The van der Waals surface area contributed by atoms with Crippen LogP contribution in [0.4, 0.5) is 17.1 Å². The number of hydrogen-bond acceptors (Lipinski definition) is 7. The number of thiophene rings is 1. The van der Waals surface area contributed by atoms with Crippen LogP contribution in [0.1, 0.15) is 73.9 Å². The highest BCUT2D eigenvalue weighted by Crippen LogP contribution is 2.51. The Morgan fingerprint density at radius 2 is 1.12 bits per heavy atom. The molecule has 4 heterocycles. The predicted molar refractivity (Wildman–Crippen MR) is 188 cm³/mol. The summed E-state index contributed by atoms with van der Waals surface area (Å²) in [5, 5.41) is 0. The molecule has 244 valence electrons. The molecular formula is C40H38N2O5S. The molecule has 0 N–H and O–H groups in total. The number of carbonyl (C=O) groups excluding carboxylic acids is 1. The number of hydrogen-bond donors (Lipinski definition) is 0. The summed E-state index contributed by atoms with van der Waals surface area (Å²) < 4.78 is 28.2. The second-order valence-electron chi connectivity index (χ2n) is 13.5. The SMILES string of the molecule is Cn1c(-c2ccc(N(c3ccc4c(c3)OC3(CCCCC3)O4)c3ccc4c(c3)OC3(CCCCC3)O4)cc2)ccc1-c1ccc(C=O)s1. The molecule has 2 spiro atoms. The summed E-state index contributed by atoms with van der Waals surface area (Å²) in [6.45, 7) is 0. The number of rotatable bonds is 6. The monoisotopic (exact) mass is 658 g/mol. The molecule has 0 unspecified atom stereocenters. The molecule has 2 saturated carbocycles. The molecule has 0 bridgehead atoms. The maximum Gasteiger partial charge on any atom is 0.251 e. The molecular weight excluding hydrogens is 621 g/mol. The van der Waals surface area contributed by atoms with E-state index in [1.165, 1.54) is 24.2 Å².